The zero-order valence-corrected chi connectivity index (χ0v) is 21.9. The molecule has 1 heterocycles. The van der Waals surface area contributed by atoms with Crippen molar-refractivity contribution in [1.82, 2.24) is 20.9 Å². The van der Waals surface area contributed by atoms with Gasteiger partial charge < -0.3 is 43.2 Å². The van der Waals surface area contributed by atoms with Crippen LogP contribution >= 0.6 is 0 Å². The average molecular weight is 531 g/mol. The lowest BCUT2D eigenvalue weighted by Gasteiger charge is -2.26. The van der Waals surface area contributed by atoms with Crippen LogP contribution in [0.1, 0.15) is 39.2 Å². The second-order valence-corrected chi connectivity index (χ2v) is 9.49. The predicted molar refractivity (Wildman–Crippen MR) is 144 cm³/mol. The molecule has 13 heteroatoms. The van der Waals surface area contributed by atoms with E-state index in [1.807, 2.05) is 24.3 Å². The molecule has 38 heavy (non-hydrogen) atoms. The van der Waals surface area contributed by atoms with Gasteiger partial charge in [0, 0.05) is 30.1 Å². The molecule has 13 nitrogen and oxygen atoms in total. The molecule has 11 N–H and O–H groups in total. The highest BCUT2D eigenvalue weighted by Crippen LogP contribution is 2.19. The summed E-state index contributed by atoms with van der Waals surface area (Å²) in [4.78, 5) is 57.5. The summed E-state index contributed by atoms with van der Waals surface area (Å²) in [5.41, 5.74) is 17.9. The van der Waals surface area contributed by atoms with Crippen LogP contribution in [0.3, 0.4) is 0 Å². The van der Waals surface area contributed by atoms with E-state index in [1.165, 1.54) is 6.92 Å². The van der Waals surface area contributed by atoms with Crippen molar-refractivity contribution in [3.05, 3.63) is 36.0 Å². The van der Waals surface area contributed by atoms with Gasteiger partial charge in [-0.25, -0.2) is 4.79 Å². The van der Waals surface area contributed by atoms with Crippen LogP contribution in [0.25, 0.3) is 10.9 Å². The molecule has 2 aromatic rings. The van der Waals surface area contributed by atoms with Crippen LogP contribution in [-0.2, 0) is 25.6 Å². The molecule has 4 unspecified atom stereocenters. The molecule has 208 valence electrons. The minimum atomic E-state index is -1.25. The quantitative estimate of drug-likeness (QED) is 0.0882. The van der Waals surface area contributed by atoms with Gasteiger partial charge in [-0.15, -0.1) is 0 Å². The van der Waals surface area contributed by atoms with E-state index in [1.54, 1.807) is 20.0 Å². The van der Waals surface area contributed by atoms with Crippen molar-refractivity contribution < 1.29 is 24.3 Å². The fourth-order valence-corrected chi connectivity index (χ4v) is 3.85. The van der Waals surface area contributed by atoms with Gasteiger partial charge in [-0.2, -0.15) is 0 Å². The number of aliphatic imine (C=N–C) groups is 1. The van der Waals surface area contributed by atoms with Crippen LogP contribution in [0.15, 0.2) is 35.5 Å². The number of hydrogen-bond donors (Lipinski definition) is 8. The molecule has 0 radical (unpaired) electrons. The highest BCUT2D eigenvalue weighted by atomic mass is 16.4. The number of nitrogens with zero attached hydrogens (tertiary/aromatic N) is 1. The third-order valence-electron chi connectivity index (χ3n) is 5.95. The number of aromatic nitrogens is 1. The Kier molecular flexibility index (Phi) is 11.1. The molecule has 0 aliphatic rings. The first-order valence-corrected chi connectivity index (χ1v) is 12.4. The van der Waals surface area contributed by atoms with Crippen molar-refractivity contribution in [2.24, 2.45) is 28.1 Å². The minimum Gasteiger partial charge on any atom is -0.480 e. The molecular weight excluding hydrogens is 492 g/mol. The number of carboxylic acids is 1. The first-order chi connectivity index (χ1) is 17.9. The second-order valence-electron chi connectivity index (χ2n) is 9.49. The number of carbonyl (C=O) groups excluding carboxylic acids is 3. The number of carbonyl (C=O) groups is 4. The van der Waals surface area contributed by atoms with Gasteiger partial charge in [-0.1, -0.05) is 32.0 Å². The highest BCUT2D eigenvalue weighted by molar-refractivity contribution is 5.94. The van der Waals surface area contributed by atoms with Gasteiger partial charge in [0.25, 0.3) is 0 Å². The van der Waals surface area contributed by atoms with Crippen molar-refractivity contribution in [3.8, 4) is 0 Å². The number of rotatable bonds is 14. The summed E-state index contributed by atoms with van der Waals surface area (Å²) in [6.45, 7) is 5.17. The monoisotopic (exact) mass is 530 g/mol. The smallest absolute Gasteiger partial charge is 0.326 e. The molecule has 0 aliphatic carbocycles. The van der Waals surface area contributed by atoms with E-state index >= 15 is 0 Å². The standard InChI is InChI=1S/C25H38N8O5/c1-13(2)20(33-21(34)14(3)26)23(36)31-18(9-6-10-29-25(27)28)22(35)32-19(24(37)38)11-15-12-30-17-8-5-4-7-16(15)17/h4-5,7-8,12-14,18-20,30H,6,9-11,26H2,1-3H3,(H,31,36)(H,32,35)(H,33,34)(H,37,38)(H4,27,28,29). The predicted octanol–water partition coefficient (Wildman–Crippen LogP) is -0.694. The summed E-state index contributed by atoms with van der Waals surface area (Å²) in [6.07, 6.45) is 2.18. The topological polar surface area (TPSA) is 231 Å². The van der Waals surface area contributed by atoms with E-state index in [0.29, 0.717) is 6.42 Å². The van der Waals surface area contributed by atoms with Crippen LogP contribution in [0.2, 0.25) is 0 Å². The molecule has 4 atom stereocenters. The lowest BCUT2D eigenvalue weighted by Crippen LogP contribution is -2.58. The number of hydrogen-bond acceptors (Lipinski definition) is 6. The third-order valence-corrected chi connectivity index (χ3v) is 5.95. The Bertz CT molecular complexity index is 1160. The number of H-pyrrole nitrogens is 1. The minimum absolute atomic E-state index is 0.0266. The molecule has 3 amide bonds. The van der Waals surface area contributed by atoms with Crippen LogP contribution < -0.4 is 33.2 Å². The van der Waals surface area contributed by atoms with Gasteiger partial charge in [0.2, 0.25) is 17.7 Å². The maximum Gasteiger partial charge on any atom is 0.326 e. The zero-order chi connectivity index (χ0) is 28.4. The number of aromatic amines is 1. The van der Waals surface area contributed by atoms with Crippen LogP contribution in [0.4, 0.5) is 0 Å². The van der Waals surface area contributed by atoms with Gasteiger partial charge in [0.1, 0.15) is 18.1 Å². The Labute approximate surface area is 221 Å². The van der Waals surface area contributed by atoms with Crippen molar-refractivity contribution in [3.63, 3.8) is 0 Å². The Morgan fingerprint density at radius 1 is 0.974 bits per heavy atom. The van der Waals surface area contributed by atoms with Crippen LogP contribution in [-0.4, -0.2) is 70.5 Å². The maximum atomic E-state index is 13.2. The summed E-state index contributed by atoms with van der Waals surface area (Å²) in [5.74, 6) is -3.44. The van der Waals surface area contributed by atoms with Crippen LogP contribution in [0.5, 0.6) is 0 Å². The summed E-state index contributed by atoms with van der Waals surface area (Å²) in [7, 11) is 0. The van der Waals surface area contributed by atoms with Gasteiger partial charge in [-0.05, 0) is 37.3 Å². The number of fused-ring (bicyclic) bond motifs is 1. The number of carboxylic acid groups (broad SMARTS) is 1. The van der Waals surface area contributed by atoms with E-state index in [-0.39, 0.29) is 31.3 Å². The molecular formula is C25H38N8O5. The number of guanidine groups is 1. The molecule has 0 aliphatic heterocycles. The van der Waals surface area contributed by atoms with Gasteiger partial charge in [0.15, 0.2) is 5.96 Å². The highest BCUT2D eigenvalue weighted by Gasteiger charge is 2.31. The zero-order valence-electron chi connectivity index (χ0n) is 21.9. The van der Waals surface area contributed by atoms with Gasteiger partial charge in [0.05, 0.1) is 6.04 Å². The van der Waals surface area contributed by atoms with Gasteiger partial charge >= 0.3 is 5.97 Å². The summed E-state index contributed by atoms with van der Waals surface area (Å²) in [6, 6.07) is 3.28. The largest absolute Gasteiger partial charge is 0.480 e. The number of nitrogens with two attached hydrogens (primary N) is 3. The number of aliphatic carboxylic acids is 1. The summed E-state index contributed by atoms with van der Waals surface area (Å²) < 4.78 is 0. The molecule has 0 spiro atoms. The molecule has 0 fully saturated rings. The Balaban J connectivity index is 2.21. The van der Waals surface area contributed by atoms with Crippen molar-refractivity contribution in [1.29, 1.82) is 0 Å². The van der Waals surface area contributed by atoms with Crippen molar-refractivity contribution in [2.75, 3.05) is 6.54 Å². The van der Waals surface area contributed by atoms with Gasteiger partial charge in [-0.3, -0.25) is 19.4 Å². The molecule has 0 saturated heterocycles. The molecule has 1 aromatic carbocycles. The van der Waals surface area contributed by atoms with E-state index in [0.717, 1.165) is 16.5 Å². The third kappa shape index (κ3) is 8.76. The lowest BCUT2D eigenvalue weighted by atomic mass is 10.0. The fraction of sp³-hybridized carbons (Fsp3) is 0.480. The first-order valence-electron chi connectivity index (χ1n) is 12.4. The molecule has 0 saturated carbocycles. The van der Waals surface area contributed by atoms with Crippen molar-refractivity contribution in [2.45, 2.75) is 64.2 Å². The first kappa shape index (κ1) is 30.1. The van der Waals surface area contributed by atoms with E-state index < -0.39 is 47.9 Å². The normalized spacial score (nSPS) is 14.2. The van der Waals surface area contributed by atoms with Crippen molar-refractivity contribution >= 4 is 40.6 Å². The maximum absolute atomic E-state index is 13.2. The van der Waals surface area contributed by atoms with E-state index in [4.69, 9.17) is 17.2 Å². The average Bonchev–Trinajstić information content (AvgIpc) is 3.25. The molecule has 0 bridgehead atoms. The SMILES string of the molecule is CC(N)C(=O)NC(C(=O)NC(CCCN=C(N)N)C(=O)NC(Cc1c[nH]c2ccccc12)C(=O)O)C(C)C. The number of benzene rings is 1. The van der Waals surface area contributed by atoms with E-state index in [9.17, 15) is 24.3 Å². The molecule has 2 rings (SSSR count). The second kappa shape index (κ2) is 14.0. The molecule has 1 aromatic heterocycles. The number of para-hydroxylation sites is 1. The lowest BCUT2D eigenvalue weighted by molar-refractivity contribution is -0.142. The van der Waals surface area contributed by atoms with E-state index in [2.05, 4.69) is 25.9 Å². The Morgan fingerprint density at radius 3 is 2.24 bits per heavy atom. The number of nitrogens with one attached hydrogen (secondary N) is 4. The summed E-state index contributed by atoms with van der Waals surface area (Å²) in [5, 5.41) is 18.5. The number of amides is 3. The fourth-order valence-electron chi connectivity index (χ4n) is 3.85. The Morgan fingerprint density at radius 2 is 1.63 bits per heavy atom. The van der Waals surface area contributed by atoms with Crippen LogP contribution in [0, 0.1) is 5.92 Å². The Hall–Kier alpha value is -4.13. The summed E-state index contributed by atoms with van der Waals surface area (Å²) >= 11 is 0.